The number of carbonyl (C=O) groups is 1. The van der Waals surface area contributed by atoms with Gasteiger partial charge in [-0.25, -0.2) is 0 Å². The van der Waals surface area contributed by atoms with Crippen LogP contribution in [0.5, 0.6) is 5.75 Å². The van der Waals surface area contributed by atoms with Crippen molar-refractivity contribution in [2.45, 2.75) is 43.4 Å². The number of hydrogen-bond donors (Lipinski definition) is 2. The van der Waals surface area contributed by atoms with Crippen LogP contribution in [0.4, 0.5) is 24.0 Å². The molecule has 0 unspecified atom stereocenters. The quantitative estimate of drug-likeness (QED) is 0.609. The lowest BCUT2D eigenvalue weighted by Crippen LogP contribution is -2.43. The third-order valence-corrected chi connectivity index (χ3v) is 5.41. The molecular weight excluding hydrogens is 401 g/mol. The van der Waals surface area contributed by atoms with Crippen molar-refractivity contribution in [1.82, 2.24) is 15.5 Å². The van der Waals surface area contributed by atoms with E-state index in [1.807, 2.05) is 20.8 Å². The predicted octanol–water partition coefficient (Wildman–Crippen LogP) is 4.58. The molecular formula is C16H19F3N4O2S2. The minimum absolute atomic E-state index is 0.0863. The molecule has 0 aliphatic rings. The first-order chi connectivity index (χ1) is 12.6. The molecule has 11 heteroatoms. The van der Waals surface area contributed by atoms with Gasteiger partial charge >= 0.3 is 6.36 Å². The summed E-state index contributed by atoms with van der Waals surface area (Å²) in [6.45, 7) is 5.90. The van der Waals surface area contributed by atoms with E-state index in [1.54, 1.807) is 0 Å². The van der Waals surface area contributed by atoms with Crippen LogP contribution in [0.25, 0.3) is 0 Å². The summed E-state index contributed by atoms with van der Waals surface area (Å²) in [5, 5.41) is 14.3. The Labute approximate surface area is 162 Å². The number of amides is 1. The predicted molar refractivity (Wildman–Crippen MR) is 99.6 cm³/mol. The van der Waals surface area contributed by atoms with Gasteiger partial charge in [0.15, 0.2) is 4.34 Å². The van der Waals surface area contributed by atoms with Gasteiger partial charge in [0, 0.05) is 11.2 Å². The zero-order valence-corrected chi connectivity index (χ0v) is 16.5. The first-order valence-corrected chi connectivity index (χ1v) is 9.77. The van der Waals surface area contributed by atoms with Gasteiger partial charge in [0.05, 0.1) is 5.75 Å². The maximum Gasteiger partial charge on any atom is 0.573 e. The average Bonchev–Trinajstić information content (AvgIpc) is 3.01. The lowest BCUT2D eigenvalue weighted by Gasteiger charge is -2.24. The van der Waals surface area contributed by atoms with Crippen LogP contribution < -0.4 is 15.4 Å². The number of nitrogens with zero attached hydrogens (tertiary/aromatic N) is 2. The Morgan fingerprint density at radius 1 is 1.22 bits per heavy atom. The van der Waals surface area contributed by atoms with Gasteiger partial charge in [0.25, 0.3) is 0 Å². The topological polar surface area (TPSA) is 76.1 Å². The van der Waals surface area contributed by atoms with E-state index in [1.165, 1.54) is 47.4 Å². The molecule has 0 atom stereocenters. The fourth-order valence-corrected chi connectivity index (χ4v) is 3.38. The van der Waals surface area contributed by atoms with E-state index in [9.17, 15) is 18.0 Å². The second kappa shape index (κ2) is 8.79. The summed E-state index contributed by atoms with van der Waals surface area (Å²) in [4.78, 5) is 11.9. The summed E-state index contributed by atoms with van der Waals surface area (Å²) in [5.74, 6) is -0.166. The summed E-state index contributed by atoms with van der Waals surface area (Å²) in [5.41, 5.74) is 0.285. The van der Waals surface area contributed by atoms with Gasteiger partial charge in [-0.05, 0) is 44.5 Å². The number of thioether (sulfide) groups is 1. The standard InChI is InChI=1S/C16H19F3N4O2S2/c1-4-15(2,3)21-12(24)9-26-14-23-22-13(27-14)20-10-5-7-11(8-6-10)25-16(17,18)19/h5-8H,4,9H2,1-3H3,(H,20,22)(H,21,24). The molecule has 0 bridgehead atoms. The Morgan fingerprint density at radius 2 is 1.89 bits per heavy atom. The molecule has 2 N–H and O–H groups in total. The van der Waals surface area contributed by atoms with E-state index in [0.29, 0.717) is 15.2 Å². The van der Waals surface area contributed by atoms with Crippen LogP contribution in [0.1, 0.15) is 27.2 Å². The molecule has 1 aromatic carbocycles. The van der Waals surface area contributed by atoms with Gasteiger partial charge in [-0.2, -0.15) is 0 Å². The number of halogens is 3. The molecule has 2 aromatic rings. The summed E-state index contributed by atoms with van der Waals surface area (Å²) >= 11 is 2.51. The zero-order chi connectivity index (χ0) is 20.1. The molecule has 0 saturated heterocycles. The molecule has 0 saturated carbocycles. The summed E-state index contributed by atoms with van der Waals surface area (Å²) < 4.78 is 40.9. The number of aromatic nitrogens is 2. The highest BCUT2D eigenvalue weighted by atomic mass is 32.2. The van der Waals surface area contributed by atoms with E-state index in [-0.39, 0.29) is 22.9 Å². The number of hydrogen-bond acceptors (Lipinski definition) is 7. The number of nitrogens with one attached hydrogen (secondary N) is 2. The first kappa shape index (κ1) is 21.3. The van der Waals surface area contributed by atoms with Crippen molar-refractivity contribution in [2.75, 3.05) is 11.1 Å². The Balaban J connectivity index is 1.86. The number of ether oxygens (including phenoxy) is 1. The van der Waals surface area contributed by atoms with Crippen molar-refractivity contribution in [3.05, 3.63) is 24.3 Å². The maximum absolute atomic E-state index is 12.1. The molecule has 1 amide bonds. The molecule has 148 valence electrons. The smallest absolute Gasteiger partial charge is 0.406 e. The Hall–Kier alpha value is -2.01. The SMILES string of the molecule is CCC(C)(C)NC(=O)CSc1nnc(Nc2ccc(OC(F)(F)F)cc2)s1. The number of alkyl halides is 3. The third-order valence-electron chi connectivity index (χ3n) is 3.43. The van der Waals surface area contributed by atoms with Gasteiger partial charge in [-0.3, -0.25) is 4.79 Å². The zero-order valence-electron chi connectivity index (χ0n) is 14.9. The van der Waals surface area contributed by atoms with E-state index in [2.05, 4.69) is 25.6 Å². The van der Waals surface area contributed by atoms with Crippen molar-refractivity contribution in [2.24, 2.45) is 0 Å². The Morgan fingerprint density at radius 3 is 2.48 bits per heavy atom. The normalized spacial score (nSPS) is 11.9. The highest BCUT2D eigenvalue weighted by molar-refractivity contribution is 8.01. The van der Waals surface area contributed by atoms with Crippen LogP contribution in [0.3, 0.4) is 0 Å². The minimum atomic E-state index is -4.72. The molecule has 6 nitrogen and oxygen atoms in total. The van der Waals surface area contributed by atoms with Crippen LogP contribution in [0.15, 0.2) is 28.6 Å². The van der Waals surface area contributed by atoms with Crippen LogP contribution in [-0.2, 0) is 4.79 Å². The van der Waals surface area contributed by atoms with E-state index in [0.717, 1.165) is 6.42 Å². The first-order valence-electron chi connectivity index (χ1n) is 7.96. The van der Waals surface area contributed by atoms with Crippen molar-refractivity contribution in [3.8, 4) is 5.75 Å². The molecule has 2 rings (SSSR count). The molecule has 0 spiro atoms. The molecule has 27 heavy (non-hydrogen) atoms. The van der Waals surface area contributed by atoms with Gasteiger partial charge < -0.3 is 15.4 Å². The number of anilines is 2. The van der Waals surface area contributed by atoms with E-state index < -0.39 is 6.36 Å². The van der Waals surface area contributed by atoms with Crippen LogP contribution in [0.2, 0.25) is 0 Å². The highest BCUT2D eigenvalue weighted by Crippen LogP contribution is 2.29. The fourth-order valence-electron chi connectivity index (χ4n) is 1.81. The Kier molecular flexibility index (Phi) is 6.93. The lowest BCUT2D eigenvalue weighted by molar-refractivity contribution is -0.274. The van der Waals surface area contributed by atoms with Crippen LogP contribution in [0, 0.1) is 0 Å². The van der Waals surface area contributed by atoms with Crippen molar-refractivity contribution in [1.29, 1.82) is 0 Å². The molecule has 0 aliphatic carbocycles. The monoisotopic (exact) mass is 420 g/mol. The molecule has 0 aliphatic heterocycles. The minimum Gasteiger partial charge on any atom is -0.406 e. The van der Waals surface area contributed by atoms with Crippen LogP contribution in [-0.4, -0.2) is 33.8 Å². The van der Waals surface area contributed by atoms with Crippen molar-refractivity contribution in [3.63, 3.8) is 0 Å². The van der Waals surface area contributed by atoms with Gasteiger partial charge in [-0.15, -0.1) is 23.4 Å². The number of benzene rings is 1. The summed E-state index contributed by atoms with van der Waals surface area (Å²) in [7, 11) is 0. The molecule has 1 heterocycles. The molecule has 0 radical (unpaired) electrons. The summed E-state index contributed by atoms with van der Waals surface area (Å²) in [6, 6.07) is 5.28. The van der Waals surface area contributed by atoms with Gasteiger partial charge in [0.1, 0.15) is 5.75 Å². The van der Waals surface area contributed by atoms with Crippen molar-refractivity contribution >= 4 is 39.8 Å². The van der Waals surface area contributed by atoms with E-state index in [4.69, 9.17) is 0 Å². The number of carbonyl (C=O) groups excluding carboxylic acids is 1. The van der Waals surface area contributed by atoms with Crippen LogP contribution >= 0.6 is 23.1 Å². The van der Waals surface area contributed by atoms with Gasteiger partial charge in [-0.1, -0.05) is 30.0 Å². The second-order valence-corrected chi connectivity index (χ2v) is 8.34. The van der Waals surface area contributed by atoms with Gasteiger partial charge in [0.2, 0.25) is 11.0 Å². The maximum atomic E-state index is 12.1. The molecule has 0 fully saturated rings. The van der Waals surface area contributed by atoms with E-state index >= 15 is 0 Å². The summed E-state index contributed by atoms with van der Waals surface area (Å²) in [6.07, 6.45) is -3.90. The number of rotatable bonds is 8. The molecule has 1 aromatic heterocycles. The lowest BCUT2D eigenvalue weighted by atomic mass is 10.0. The Bertz CT molecular complexity index is 764. The average molecular weight is 420 g/mol. The largest absolute Gasteiger partial charge is 0.573 e. The third kappa shape index (κ3) is 7.63. The van der Waals surface area contributed by atoms with Crippen molar-refractivity contribution < 1.29 is 22.7 Å². The second-order valence-electron chi connectivity index (χ2n) is 6.14. The highest BCUT2D eigenvalue weighted by Gasteiger charge is 2.30. The fraction of sp³-hybridized carbons (Fsp3) is 0.438.